The van der Waals surface area contributed by atoms with Crippen molar-refractivity contribution in [1.82, 2.24) is 5.43 Å². The number of nitrogens with zero attached hydrogens (tertiary/aromatic N) is 1. The van der Waals surface area contributed by atoms with E-state index in [-0.39, 0.29) is 11.3 Å². The van der Waals surface area contributed by atoms with Gasteiger partial charge in [0.1, 0.15) is 0 Å². The van der Waals surface area contributed by atoms with Crippen LogP contribution in [0.5, 0.6) is 0 Å². The van der Waals surface area contributed by atoms with Gasteiger partial charge in [-0.3, -0.25) is 4.79 Å². The van der Waals surface area contributed by atoms with E-state index in [1.165, 1.54) is 10.4 Å². The van der Waals surface area contributed by atoms with Gasteiger partial charge < -0.3 is 0 Å². The first-order valence-electron chi connectivity index (χ1n) is 7.85. The molecule has 3 nitrogen and oxygen atoms in total. The zero-order chi connectivity index (χ0) is 17.0. The summed E-state index contributed by atoms with van der Waals surface area (Å²) in [5.74, 6) is -0.183. The number of aryl methyl sites for hydroxylation is 1. The van der Waals surface area contributed by atoms with Gasteiger partial charge in [0.15, 0.2) is 0 Å². The molecule has 0 radical (unpaired) electrons. The van der Waals surface area contributed by atoms with Crippen LogP contribution in [0.15, 0.2) is 41.5 Å². The van der Waals surface area contributed by atoms with Gasteiger partial charge in [0, 0.05) is 10.4 Å². The van der Waals surface area contributed by atoms with Gasteiger partial charge in [-0.1, -0.05) is 39.8 Å². The van der Waals surface area contributed by atoms with Crippen LogP contribution in [0.4, 0.5) is 0 Å². The van der Waals surface area contributed by atoms with Gasteiger partial charge >= 0.3 is 0 Å². The van der Waals surface area contributed by atoms with Gasteiger partial charge in [-0.25, -0.2) is 5.43 Å². The molecule has 0 atom stereocenters. The summed E-state index contributed by atoms with van der Waals surface area (Å²) in [6, 6.07) is 11.8. The molecule has 0 unspecified atom stereocenters. The van der Waals surface area contributed by atoms with E-state index < -0.39 is 0 Å². The van der Waals surface area contributed by atoms with Crippen LogP contribution >= 0.6 is 11.3 Å². The molecule has 122 valence electrons. The Morgan fingerprint density at radius 2 is 1.78 bits per heavy atom. The van der Waals surface area contributed by atoms with Crippen molar-refractivity contribution in [3.8, 4) is 0 Å². The molecule has 0 bridgehead atoms. The Morgan fingerprint density at radius 3 is 2.30 bits per heavy atom. The third-order valence-electron chi connectivity index (χ3n) is 3.70. The summed E-state index contributed by atoms with van der Waals surface area (Å²) in [5, 5.41) is 4.22. The summed E-state index contributed by atoms with van der Waals surface area (Å²) in [4.78, 5) is 14.6. The lowest BCUT2D eigenvalue weighted by Gasteiger charge is -2.18. The average molecular weight is 328 g/mol. The molecule has 0 fully saturated rings. The second-order valence-electron chi connectivity index (χ2n) is 6.59. The van der Waals surface area contributed by atoms with Crippen LogP contribution in [0.3, 0.4) is 0 Å². The SMILES string of the molecule is CCc1ccc(C(C)=NNC(=O)c2ccc(C(C)(C)C)cc2)s1. The summed E-state index contributed by atoms with van der Waals surface area (Å²) < 4.78 is 0. The maximum atomic E-state index is 12.2. The molecule has 0 spiro atoms. The highest BCUT2D eigenvalue weighted by Gasteiger charge is 2.14. The molecule has 0 aliphatic heterocycles. The fourth-order valence-corrected chi connectivity index (χ4v) is 3.03. The van der Waals surface area contributed by atoms with E-state index in [1.807, 2.05) is 37.3 Å². The highest BCUT2D eigenvalue weighted by atomic mass is 32.1. The number of rotatable bonds is 4. The van der Waals surface area contributed by atoms with Crippen molar-refractivity contribution in [2.45, 2.75) is 46.5 Å². The van der Waals surface area contributed by atoms with Crippen LogP contribution in [-0.4, -0.2) is 11.6 Å². The Bertz CT molecular complexity index is 706. The van der Waals surface area contributed by atoms with Crippen molar-refractivity contribution in [2.24, 2.45) is 5.10 Å². The summed E-state index contributed by atoms with van der Waals surface area (Å²) >= 11 is 1.71. The zero-order valence-electron chi connectivity index (χ0n) is 14.4. The van der Waals surface area contributed by atoms with E-state index >= 15 is 0 Å². The number of amides is 1. The van der Waals surface area contributed by atoms with Gasteiger partial charge in [0.2, 0.25) is 0 Å². The van der Waals surface area contributed by atoms with Crippen molar-refractivity contribution in [3.05, 3.63) is 57.3 Å². The van der Waals surface area contributed by atoms with Crippen LogP contribution in [-0.2, 0) is 11.8 Å². The van der Waals surface area contributed by atoms with Crippen molar-refractivity contribution < 1.29 is 4.79 Å². The largest absolute Gasteiger partial charge is 0.271 e. The van der Waals surface area contributed by atoms with Crippen LogP contribution in [0.25, 0.3) is 0 Å². The molecule has 2 rings (SSSR count). The van der Waals surface area contributed by atoms with E-state index in [2.05, 4.69) is 44.3 Å². The third-order valence-corrected chi connectivity index (χ3v) is 5.04. The molecule has 23 heavy (non-hydrogen) atoms. The Kier molecular flexibility index (Phi) is 5.37. The van der Waals surface area contributed by atoms with Gasteiger partial charge in [-0.05, 0) is 48.6 Å². The normalized spacial score (nSPS) is 12.3. The summed E-state index contributed by atoms with van der Waals surface area (Å²) in [5.41, 5.74) is 5.38. The number of nitrogens with one attached hydrogen (secondary N) is 1. The molecule has 0 aliphatic rings. The summed E-state index contributed by atoms with van der Waals surface area (Å²) in [7, 11) is 0. The highest BCUT2D eigenvalue weighted by molar-refractivity contribution is 7.14. The number of benzene rings is 1. The fourth-order valence-electron chi connectivity index (χ4n) is 2.14. The second-order valence-corrected chi connectivity index (χ2v) is 7.75. The molecule has 1 N–H and O–H groups in total. The molecule has 1 amide bonds. The van der Waals surface area contributed by atoms with E-state index in [0.29, 0.717) is 5.56 Å². The predicted molar refractivity (Wildman–Crippen MR) is 98.5 cm³/mol. The zero-order valence-corrected chi connectivity index (χ0v) is 15.3. The molecule has 0 aliphatic carbocycles. The fraction of sp³-hybridized carbons (Fsp3) is 0.368. The molecular formula is C19H24N2OS. The summed E-state index contributed by atoms with van der Waals surface area (Å²) in [6.45, 7) is 10.5. The van der Waals surface area contributed by atoms with Crippen molar-refractivity contribution in [2.75, 3.05) is 0 Å². The molecule has 1 aromatic carbocycles. The maximum Gasteiger partial charge on any atom is 0.271 e. The van der Waals surface area contributed by atoms with Crippen LogP contribution in [0, 0.1) is 0 Å². The van der Waals surface area contributed by atoms with E-state index in [0.717, 1.165) is 17.0 Å². The lowest BCUT2D eigenvalue weighted by atomic mass is 9.87. The Balaban J connectivity index is 2.05. The van der Waals surface area contributed by atoms with Crippen LogP contribution in [0.2, 0.25) is 0 Å². The first-order chi connectivity index (χ1) is 10.8. The number of thiophene rings is 1. The molecule has 0 saturated heterocycles. The molecule has 0 saturated carbocycles. The lowest BCUT2D eigenvalue weighted by Crippen LogP contribution is -2.19. The molecule has 1 heterocycles. The smallest absolute Gasteiger partial charge is 0.267 e. The summed E-state index contributed by atoms with van der Waals surface area (Å²) in [6.07, 6.45) is 1.02. The number of carbonyl (C=O) groups excluding carboxylic acids is 1. The van der Waals surface area contributed by atoms with Crippen LogP contribution in [0.1, 0.15) is 60.3 Å². The minimum absolute atomic E-state index is 0.0832. The number of hydrazone groups is 1. The molecule has 1 aromatic heterocycles. The minimum atomic E-state index is -0.183. The first kappa shape index (κ1) is 17.4. The Hall–Kier alpha value is -1.94. The van der Waals surface area contributed by atoms with Gasteiger partial charge in [-0.2, -0.15) is 5.10 Å². The molecular weight excluding hydrogens is 304 g/mol. The van der Waals surface area contributed by atoms with Crippen LogP contribution < -0.4 is 5.43 Å². The molecule has 4 heteroatoms. The third kappa shape index (κ3) is 4.52. The number of carbonyl (C=O) groups is 1. The maximum absolute atomic E-state index is 12.2. The van der Waals surface area contributed by atoms with Crippen molar-refractivity contribution in [1.29, 1.82) is 0 Å². The Morgan fingerprint density at radius 1 is 1.13 bits per heavy atom. The number of hydrogen-bond donors (Lipinski definition) is 1. The quantitative estimate of drug-likeness (QED) is 0.638. The van der Waals surface area contributed by atoms with Crippen molar-refractivity contribution >= 4 is 23.0 Å². The monoisotopic (exact) mass is 328 g/mol. The highest BCUT2D eigenvalue weighted by Crippen LogP contribution is 2.22. The van der Waals surface area contributed by atoms with Gasteiger partial charge in [0.05, 0.1) is 10.6 Å². The predicted octanol–water partition coefficient (Wildman–Crippen LogP) is 4.76. The Labute approximate surface area is 142 Å². The second kappa shape index (κ2) is 7.09. The lowest BCUT2D eigenvalue weighted by molar-refractivity contribution is 0.0955. The first-order valence-corrected chi connectivity index (χ1v) is 8.67. The standard InChI is InChI=1S/C19H24N2OS/c1-6-16-11-12-17(23-16)13(2)20-21-18(22)14-7-9-15(10-8-14)19(3,4)5/h7-12H,6H2,1-5H3,(H,21,22). The average Bonchev–Trinajstić information content (AvgIpc) is 3.00. The topological polar surface area (TPSA) is 41.5 Å². The van der Waals surface area contributed by atoms with Crippen molar-refractivity contribution in [3.63, 3.8) is 0 Å². The van der Waals surface area contributed by atoms with Gasteiger partial charge in [0.25, 0.3) is 5.91 Å². The van der Waals surface area contributed by atoms with Gasteiger partial charge in [-0.15, -0.1) is 11.3 Å². The van der Waals surface area contributed by atoms with E-state index in [4.69, 9.17) is 0 Å². The molecule has 2 aromatic rings. The minimum Gasteiger partial charge on any atom is -0.267 e. The number of hydrogen-bond acceptors (Lipinski definition) is 3. The van der Waals surface area contributed by atoms with E-state index in [9.17, 15) is 4.79 Å². The van der Waals surface area contributed by atoms with E-state index in [1.54, 1.807) is 11.3 Å².